The van der Waals surface area contributed by atoms with Gasteiger partial charge in [-0.3, -0.25) is 0 Å². The number of piperidine rings is 1. The number of benzene rings is 2. The maximum absolute atomic E-state index is 5.90. The van der Waals surface area contributed by atoms with Crippen molar-refractivity contribution >= 4 is 17.3 Å². The van der Waals surface area contributed by atoms with E-state index in [0.29, 0.717) is 0 Å². The summed E-state index contributed by atoms with van der Waals surface area (Å²) in [4.78, 5) is 2.55. The van der Waals surface area contributed by atoms with E-state index in [1.54, 1.807) is 0 Å². The van der Waals surface area contributed by atoms with Gasteiger partial charge in [0.2, 0.25) is 0 Å². The zero-order valence-corrected chi connectivity index (χ0v) is 15.5. The van der Waals surface area contributed by atoms with Crippen molar-refractivity contribution < 1.29 is 4.74 Å². The van der Waals surface area contributed by atoms with Crippen LogP contribution in [0.5, 0.6) is 5.75 Å². The Kier molecular flexibility index (Phi) is 7.01. The predicted molar refractivity (Wildman–Crippen MR) is 106 cm³/mol. The van der Waals surface area contributed by atoms with E-state index in [4.69, 9.17) is 16.3 Å². The molecule has 2 aromatic rings. The van der Waals surface area contributed by atoms with Gasteiger partial charge in [-0.05, 0) is 74.3 Å². The van der Waals surface area contributed by atoms with Crippen molar-refractivity contribution in [3.05, 3.63) is 59.1 Å². The van der Waals surface area contributed by atoms with E-state index in [9.17, 15) is 0 Å². The number of nitrogens with zero attached hydrogens (tertiary/aromatic N) is 1. The monoisotopic (exact) mass is 358 g/mol. The average Bonchev–Trinajstić information content (AvgIpc) is 2.67. The van der Waals surface area contributed by atoms with E-state index >= 15 is 0 Å². The molecular weight excluding hydrogens is 332 g/mol. The van der Waals surface area contributed by atoms with E-state index in [-0.39, 0.29) is 0 Å². The van der Waals surface area contributed by atoms with Gasteiger partial charge in [0.25, 0.3) is 0 Å². The molecule has 1 heterocycles. The summed E-state index contributed by atoms with van der Waals surface area (Å²) in [5, 5.41) is 4.15. The topological polar surface area (TPSA) is 24.5 Å². The number of anilines is 1. The smallest absolute Gasteiger partial charge is 0.119 e. The van der Waals surface area contributed by atoms with Crippen molar-refractivity contribution in [1.29, 1.82) is 0 Å². The largest absolute Gasteiger partial charge is 0.494 e. The van der Waals surface area contributed by atoms with Crippen LogP contribution in [0.15, 0.2) is 48.5 Å². The molecule has 134 valence electrons. The molecule has 0 saturated carbocycles. The predicted octanol–water partition coefficient (Wildman–Crippen LogP) is 5.21. The Morgan fingerprint density at radius 2 is 1.64 bits per heavy atom. The van der Waals surface area contributed by atoms with Gasteiger partial charge in [0, 0.05) is 23.8 Å². The highest BCUT2D eigenvalue weighted by Gasteiger charge is 2.09. The first-order valence-corrected chi connectivity index (χ1v) is 9.61. The van der Waals surface area contributed by atoms with Gasteiger partial charge < -0.3 is 15.0 Å². The molecule has 0 aliphatic carbocycles. The van der Waals surface area contributed by atoms with Gasteiger partial charge in [-0.1, -0.05) is 30.2 Å². The molecule has 1 aliphatic rings. The van der Waals surface area contributed by atoms with Gasteiger partial charge in [0.15, 0.2) is 0 Å². The van der Waals surface area contributed by atoms with E-state index < -0.39 is 0 Å². The van der Waals surface area contributed by atoms with Gasteiger partial charge in [-0.2, -0.15) is 0 Å². The molecule has 0 amide bonds. The normalized spacial score (nSPS) is 15.1. The molecule has 1 aliphatic heterocycles. The number of nitrogens with one attached hydrogen (secondary N) is 1. The Hall–Kier alpha value is -1.71. The molecule has 0 atom stereocenters. The van der Waals surface area contributed by atoms with Crippen molar-refractivity contribution in [3.8, 4) is 5.75 Å². The minimum Gasteiger partial charge on any atom is -0.494 e. The highest BCUT2D eigenvalue weighted by molar-refractivity contribution is 6.30. The van der Waals surface area contributed by atoms with Crippen LogP contribution in [0.1, 0.15) is 31.2 Å². The van der Waals surface area contributed by atoms with E-state index in [1.807, 2.05) is 24.3 Å². The fraction of sp³-hybridized carbons (Fsp3) is 0.429. The summed E-state index contributed by atoms with van der Waals surface area (Å²) < 4.78 is 5.87. The number of rotatable bonds is 8. The average molecular weight is 359 g/mol. The SMILES string of the molecule is Clc1ccc(NCc2ccc(OCCCN3CCCCC3)cc2)cc1. The standard InChI is InChI=1S/C21H27ClN2O/c22-19-7-9-20(10-8-19)23-17-18-5-11-21(12-6-18)25-16-4-15-24-13-2-1-3-14-24/h5-12,23H,1-4,13-17H2. The fourth-order valence-corrected chi connectivity index (χ4v) is 3.26. The zero-order valence-electron chi connectivity index (χ0n) is 14.7. The molecule has 4 heteroatoms. The Balaban J connectivity index is 1.35. The second kappa shape index (κ2) is 9.69. The molecule has 0 spiro atoms. The molecule has 25 heavy (non-hydrogen) atoms. The molecule has 0 bridgehead atoms. The summed E-state index contributed by atoms with van der Waals surface area (Å²) in [5.41, 5.74) is 2.30. The summed E-state index contributed by atoms with van der Waals surface area (Å²) in [6, 6.07) is 16.1. The van der Waals surface area contributed by atoms with Crippen LogP contribution in [0.2, 0.25) is 5.02 Å². The molecule has 1 saturated heterocycles. The third kappa shape index (κ3) is 6.26. The van der Waals surface area contributed by atoms with Crippen LogP contribution >= 0.6 is 11.6 Å². The third-order valence-corrected chi connectivity index (χ3v) is 4.85. The molecular formula is C21H27ClN2O. The minimum atomic E-state index is 0.757. The van der Waals surface area contributed by atoms with Crippen molar-refractivity contribution in [2.45, 2.75) is 32.2 Å². The lowest BCUT2D eigenvalue weighted by Crippen LogP contribution is -2.31. The maximum Gasteiger partial charge on any atom is 0.119 e. The first-order chi connectivity index (χ1) is 12.3. The summed E-state index contributed by atoms with van der Waals surface area (Å²) in [5.74, 6) is 0.953. The molecule has 2 aromatic carbocycles. The number of hydrogen-bond donors (Lipinski definition) is 1. The van der Waals surface area contributed by atoms with Crippen LogP contribution in [0.25, 0.3) is 0 Å². The number of hydrogen-bond acceptors (Lipinski definition) is 3. The molecule has 0 aromatic heterocycles. The number of likely N-dealkylation sites (tertiary alicyclic amines) is 1. The first kappa shape index (κ1) is 18.1. The molecule has 0 unspecified atom stereocenters. The van der Waals surface area contributed by atoms with Crippen LogP contribution in [0.4, 0.5) is 5.69 Å². The van der Waals surface area contributed by atoms with Crippen LogP contribution in [-0.4, -0.2) is 31.1 Å². The Bertz CT molecular complexity index is 621. The van der Waals surface area contributed by atoms with Crippen molar-refractivity contribution in [3.63, 3.8) is 0 Å². The summed E-state index contributed by atoms with van der Waals surface area (Å²) in [6.45, 7) is 5.25. The molecule has 1 N–H and O–H groups in total. The quantitative estimate of drug-likeness (QED) is 0.656. The van der Waals surface area contributed by atoms with E-state index in [1.165, 1.54) is 37.9 Å². The van der Waals surface area contributed by atoms with E-state index in [0.717, 1.165) is 42.6 Å². The van der Waals surface area contributed by atoms with Crippen LogP contribution < -0.4 is 10.1 Å². The maximum atomic E-state index is 5.90. The number of halogens is 1. The second-order valence-electron chi connectivity index (χ2n) is 6.61. The van der Waals surface area contributed by atoms with Crippen molar-refractivity contribution in [2.24, 2.45) is 0 Å². The Morgan fingerprint density at radius 3 is 2.36 bits per heavy atom. The van der Waals surface area contributed by atoms with Crippen LogP contribution in [0, 0.1) is 0 Å². The first-order valence-electron chi connectivity index (χ1n) is 9.23. The lowest BCUT2D eigenvalue weighted by molar-refractivity contribution is 0.205. The Labute approximate surface area is 155 Å². The van der Waals surface area contributed by atoms with Crippen LogP contribution in [-0.2, 0) is 6.54 Å². The van der Waals surface area contributed by atoms with Gasteiger partial charge in [0.1, 0.15) is 5.75 Å². The van der Waals surface area contributed by atoms with Crippen molar-refractivity contribution in [2.75, 3.05) is 31.6 Å². The molecule has 1 fully saturated rings. The van der Waals surface area contributed by atoms with Gasteiger partial charge in [0.05, 0.1) is 6.61 Å². The van der Waals surface area contributed by atoms with Crippen LogP contribution in [0.3, 0.4) is 0 Å². The Morgan fingerprint density at radius 1 is 0.920 bits per heavy atom. The molecule has 3 nitrogen and oxygen atoms in total. The minimum absolute atomic E-state index is 0.757. The molecule has 0 radical (unpaired) electrons. The van der Waals surface area contributed by atoms with Gasteiger partial charge in [-0.15, -0.1) is 0 Å². The van der Waals surface area contributed by atoms with Gasteiger partial charge >= 0.3 is 0 Å². The zero-order chi connectivity index (χ0) is 17.3. The highest BCUT2D eigenvalue weighted by atomic mass is 35.5. The second-order valence-corrected chi connectivity index (χ2v) is 7.05. The highest BCUT2D eigenvalue weighted by Crippen LogP contribution is 2.16. The van der Waals surface area contributed by atoms with Crippen molar-refractivity contribution in [1.82, 2.24) is 4.90 Å². The third-order valence-electron chi connectivity index (χ3n) is 4.60. The number of ether oxygens (including phenoxy) is 1. The van der Waals surface area contributed by atoms with E-state index in [2.05, 4.69) is 34.5 Å². The lowest BCUT2D eigenvalue weighted by atomic mass is 10.1. The molecule has 3 rings (SSSR count). The fourth-order valence-electron chi connectivity index (χ4n) is 3.14. The van der Waals surface area contributed by atoms with Gasteiger partial charge in [-0.25, -0.2) is 0 Å². The summed E-state index contributed by atoms with van der Waals surface area (Å²) in [7, 11) is 0. The summed E-state index contributed by atoms with van der Waals surface area (Å²) >= 11 is 5.90. The lowest BCUT2D eigenvalue weighted by Gasteiger charge is -2.26. The summed E-state index contributed by atoms with van der Waals surface area (Å²) in [6.07, 6.45) is 5.20.